The summed E-state index contributed by atoms with van der Waals surface area (Å²) in [6.07, 6.45) is 0. The van der Waals surface area contributed by atoms with Crippen LogP contribution in [0.5, 0.6) is 0 Å². The summed E-state index contributed by atoms with van der Waals surface area (Å²) in [7, 11) is 0. The van der Waals surface area contributed by atoms with Crippen LogP contribution in [0, 0.1) is 6.92 Å². The van der Waals surface area contributed by atoms with Crippen molar-refractivity contribution in [2.45, 2.75) is 17.6 Å². The van der Waals surface area contributed by atoms with E-state index in [1.54, 1.807) is 23.1 Å². The summed E-state index contributed by atoms with van der Waals surface area (Å²) in [5.41, 5.74) is 5.70. The zero-order chi connectivity index (χ0) is 11.5. The molecule has 2 N–H and O–H groups in total. The van der Waals surface area contributed by atoms with Gasteiger partial charge in [0.2, 0.25) is 0 Å². The third-order valence-electron chi connectivity index (χ3n) is 2.04. The van der Waals surface area contributed by atoms with Crippen molar-refractivity contribution in [3.05, 3.63) is 39.2 Å². The Morgan fingerprint density at radius 2 is 2.31 bits per heavy atom. The number of rotatable bonds is 3. The number of nitrogen functional groups attached to an aromatic ring is 1. The lowest BCUT2D eigenvalue weighted by Crippen LogP contribution is -1.86. The van der Waals surface area contributed by atoms with Gasteiger partial charge in [-0.1, -0.05) is 17.7 Å². The quantitative estimate of drug-likeness (QED) is 0.858. The number of benzene rings is 1. The van der Waals surface area contributed by atoms with Crippen molar-refractivity contribution in [1.29, 1.82) is 0 Å². The van der Waals surface area contributed by atoms with Crippen LogP contribution >= 0.6 is 34.7 Å². The van der Waals surface area contributed by atoms with Gasteiger partial charge in [0.25, 0.3) is 0 Å². The van der Waals surface area contributed by atoms with Gasteiger partial charge in [-0.2, -0.15) is 0 Å². The van der Waals surface area contributed by atoms with Crippen molar-refractivity contribution >= 4 is 40.5 Å². The minimum atomic E-state index is 0.645. The van der Waals surface area contributed by atoms with E-state index < -0.39 is 0 Å². The molecule has 0 fully saturated rings. The molecule has 0 saturated heterocycles. The molecule has 0 amide bonds. The number of hydrogen-bond acceptors (Lipinski definition) is 4. The number of nitrogens with two attached hydrogens (primary N) is 1. The van der Waals surface area contributed by atoms with Gasteiger partial charge in [-0.25, -0.2) is 4.98 Å². The first-order chi connectivity index (χ1) is 7.65. The molecule has 0 aliphatic carbocycles. The van der Waals surface area contributed by atoms with E-state index in [0.717, 1.165) is 25.6 Å². The number of aryl methyl sites for hydroxylation is 1. The third kappa shape index (κ3) is 2.90. The topological polar surface area (TPSA) is 38.9 Å². The predicted molar refractivity (Wildman–Crippen MR) is 72.3 cm³/mol. The van der Waals surface area contributed by atoms with Crippen molar-refractivity contribution in [1.82, 2.24) is 4.98 Å². The second kappa shape index (κ2) is 5.08. The number of aromatic nitrogens is 1. The van der Waals surface area contributed by atoms with Crippen LogP contribution in [0.4, 0.5) is 5.82 Å². The van der Waals surface area contributed by atoms with Gasteiger partial charge in [-0.3, -0.25) is 0 Å². The number of anilines is 1. The van der Waals surface area contributed by atoms with E-state index in [4.69, 9.17) is 17.3 Å². The molecule has 0 aliphatic rings. The second-order valence-electron chi connectivity index (χ2n) is 3.30. The van der Waals surface area contributed by atoms with E-state index in [1.807, 2.05) is 31.2 Å². The molecule has 2 aromatic rings. The summed E-state index contributed by atoms with van der Waals surface area (Å²) in [5, 5.41) is 1.82. The molecule has 1 aromatic carbocycles. The number of halogens is 1. The van der Waals surface area contributed by atoms with Gasteiger partial charge in [0.1, 0.15) is 10.8 Å². The van der Waals surface area contributed by atoms with Gasteiger partial charge in [0.05, 0.1) is 5.75 Å². The fourth-order valence-corrected chi connectivity index (χ4v) is 3.28. The van der Waals surface area contributed by atoms with Gasteiger partial charge in [-0.05, 0) is 25.1 Å². The molecule has 0 unspecified atom stereocenters. The Morgan fingerprint density at radius 1 is 1.50 bits per heavy atom. The zero-order valence-corrected chi connectivity index (χ0v) is 11.1. The molecule has 16 heavy (non-hydrogen) atoms. The summed E-state index contributed by atoms with van der Waals surface area (Å²) < 4.78 is 0. The van der Waals surface area contributed by atoms with Crippen molar-refractivity contribution < 1.29 is 0 Å². The Bertz CT molecular complexity index is 477. The maximum Gasteiger partial charge on any atom is 0.137 e. The molecule has 0 saturated carbocycles. The minimum absolute atomic E-state index is 0.645. The maximum absolute atomic E-state index is 5.91. The zero-order valence-electron chi connectivity index (χ0n) is 8.74. The van der Waals surface area contributed by atoms with Crippen molar-refractivity contribution in [2.24, 2.45) is 0 Å². The maximum atomic E-state index is 5.91. The van der Waals surface area contributed by atoms with E-state index in [9.17, 15) is 0 Å². The first kappa shape index (κ1) is 11.8. The van der Waals surface area contributed by atoms with Crippen molar-refractivity contribution in [3.8, 4) is 0 Å². The van der Waals surface area contributed by atoms with Crippen LogP contribution in [0.15, 0.2) is 29.2 Å². The predicted octanol–water partition coefficient (Wildman–Crippen LogP) is 3.98. The molecule has 1 heterocycles. The molecular formula is C11H11ClN2S2. The van der Waals surface area contributed by atoms with E-state index in [1.165, 1.54) is 0 Å². The molecule has 0 radical (unpaired) electrons. The van der Waals surface area contributed by atoms with Gasteiger partial charge >= 0.3 is 0 Å². The van der Waals surface area contributed by atoms with Crippen LogP contribution in [-0.2, 0) is 5.75 Å². The first-order valence-corrected chi connectivity index (χ1v) is 6.93. The summed E-state index contributed by atoms with van der Waals surface area (Å²) in [6, 6.07) is 7.82. The van der Waals surface area contributed by atoms with Crippen LogP contribution in [0.25, 0.3) is 0 Å². The molecular weight excluding hydrogens is 260 g/mol. The summed E-state index contributed by atoms with van der Waals surface area (Å²) in [5.74, 6) is 1.48. The van der Waals surface area contributed by atoms with Crippen molar-refractivity contribution in [3.63, 3.8) is 0 Å². The lowest BCUT2D eigenvalue weighted by Gasteiger charge is -1.99. The number of thioether (sulfide) groups is 1. The smallest absolute Gasteiger partial charge is 0.137 e. The Balaban J connectivity index is 2.02. The van der Waals surface area contributed by atoms with E-state index >= 15 is 0 Å². The molecule has 0 spiro atoms. The highest BCUT2D eigenvalue weighted by atomic mass is 35.5. The second-order valence-corrected chi connectivity index (χ2v) is 6.07. The molecule has 2 rings (SSSR count). The lowest BCUT2D eigenvalue weighted by molar-refractivity contribution is 1.26. The Hall–Kier alpha value is -0.710. The third-order valence-corrected chi connectivity index (χ3v) is 4.44. The van der Waals surface area contributed by atoms with Crippen LogP contribution in [0.2, 0.25) is 5.02 Å². The Labute approximate surface area is 108 Å². The lowest BCUT2D eigenvalue weighted by atomic mass is 10.4. The van der Waals surface area contributed by atoms with Gasteiger partial charge in [-0.15, -0.1) is 23.1 Å². The van der Waals surface area contributed by atoms with Crippen LogP contribution < -0.4 is 5.73 Å². The highest BCUT2D eigenvalue weighted by molar-refractivity contribution is 7.98. The van der Waals surface area contributed by atoms with Gasteiger partial charge in [0.15, 0.2) is 0 Å². The fourth-order valence-electron chi connectivity index (χ4n) is 1.23. The van der Waals surface area contributed by atoms with Crippen molar-refractivity contribution in [2.75, 3.05) is 5.73 Å². The summed E-state index contributed by atoms with van der Waals surface area (Å²) in [6.45, 7) is 1.99. The fraction of sp³-hybridized carbons (Fsp3) is 0.182. The molecule has 84 valence electrons. The normalized spacial score (nSPS) is 10.6. The Kier molecular flexibility index (Phi) is 3.74. The molecule has 0 atom stereocenters. The first-order valence-electron chi connectivity index (χ1n) is 4.75. The average molecular weight is 271 g/mol. The standard InChI is InChI=1S/C11H11ClN2S2/c1-7-11(13)14-10(16-7)6-15-9-4-2-3-8(12)5-9/h2-5H,6,13H2,1H3. The minimum Gasteiger partial charge on any atom is -0.383 e. The summed E-state index contributed by atoms with van der Waals surface area (Å²) in [4.78, 5) is 6.53. The highest BCUT2D eigenvalue weighted by Crippen LogP contribution is 2.28. The summed E-state index contributed by atoms with van der Waals surface area (Å²) >= 11 is 9.28. The van der Waals surface area contributed by atoms with Crippen LogP contribution in [0.3, 0.4) is 0 Å². The molecule has 5 heteroatoms. The molecule has 1 aromatic heterocycles. The van der Waals surface area contributed by atoms with E-state index in [2.05, 4.69) is 4.98 Å². The average Bonchev–Trinajstić information content (AvgIpc) is 2.56. The number of thiazole rings is 1. The van der Waals surface area contributed by atoms with Gasteiger partial charge < -0.3 is 5.73 Å². The monoisotopic (exact) mass is 270 g/mol. The van der Waals surface area contributed by atoms with E-state index in [-0.39, 0.29) is 0 Å². The molecule has 0 aliphatic heterocycles. The molecule has 0 bridgehead atoms. The number of hydrogen-bond donors (Lipinski definition) is 1. The van der Waals surface area contributed by atoms with Crippen LogP contribution in [0.1, 0.15) is 9.88 Å². The number of nitrogens with zero attached hydrogens (tertiary/aromatic N) is 1. The van der Waals surface area contributed by atoms with Crippen LogP contribution in [-0.4, -0.2) is 4.98 Å². The largest absolute Gasteiger partial charge is 0.383 e. The van der Waals surface area contributed by atoms with E-state index in [0.29, 0.717) is 5.82 Å². The SMILES string of the molecule is Cc1sc(CSc2cccc(Cl)c2)nc1N. The molecule has 2 nitrogen and oxygen atoms in total. The highest BCUT2D eigenvalue weighted by Gasteiger charge is 2.04. The Morgan fingerprint density at radius 3 is 2.94 bits per heavy atom. The van der Waals surface area contributed by atoms with Gasteiger partial charge in [0, 0.05) is 14.8 Å².